The second kappa shape index (κ2) is 8.47. The maximum absolute atomic E-state index is 12.6. The normalized spacial score (nSPS) is 20.9. The number of aromatic nitrogens is 2. The predicted molar refractivity (Wildman–Crippen MR) is 102 cm³/mol. The van der Waals surface area contributed by atoms with Crippen LogP contribution in [0.25, 0.3) is 10.2 Å². The molecule has 2 aromatic rings. The molecule has 1 fully saturated rings. The number of ether oxygens (including phenoxy) is 3. The van der Waals surface area contributed by atoms with Crippen LogP contribution in [0.4, 0.5) is 0 Å². The molecule has 0 radical (unpaired) electrons. The largest absolute Gasteiger partial charge is 0.459 e. The molecule has 0 bridgehead atoms. The first-order valence-corrected chi connectivity index (χ1v) is 9.76. The van der Waals surface area contributed by atoms with Crippen LogP contribution in [0.1, 0.15) is 34.9 Å². The summed E-state index contributed by atoms with van der Waals surface area (Å²) in [5.41, 5.74) is 0.375. The number of aryl methyl sites for hydroxylation is 1. The van der Waals surface area contributed by atoms with Gasteiger partial charge < -0.3 is 19.2 Å². The van der Waals surface area contributed by atoms with E-state index in [1.54, 1.807) is 14.0 Å². The highest BCUT2D eigenvalue weighted by molar-refractivity contribution is 7.20. The summed E-state index contributed by atoms with van der Waals surface area (Å²) in [5.74, 6) is 0.138. The number of methoxy groups -OCH3 is 1. The van der Waals surface area contributed by atoms with Gasteiger partial charge in [-0.05, 0) is 26.3 Å². The van der Waals surface area contributed by atoms with Gasteiger partial charge in [-0.1, -0.05) is 0 Å². The first-order chi connectivity index (χ1) is 12.9. The zero-order chi connectivity index (χ0) is 19.6. The Hall–Kier alpha value is -1.81. The minimum Gasteiger partial charge on any atom is -0.459 e. The quantitative estimate of drug-likeness (QED) is 0.588. The Morgan fingerprint density at radius 3 is 2.70 bits per heavy atom. The van der Waals surface area contributed by atoms with Crippen molar-refractivity contribution in [3.05, 3.63) is 26.6 Å². The van der Waals surface area contributed by atoms with Crippen molar-refractivity contribution >= 4 is 27.5 Å². The van der Waals surface area contributed by atoms with Gasteiger partial charge in [0.05, 0.1) is 30.7 Å². The van der Waals surface area contributed by atoms with Crippen molar-refractivity contribution in [3.8, 4) is 0 Å². The van der Waals surface area contributed by atoms with E-state index < -0.39 is 5.97 Å². The summed E-state index contributed by atoms with van der Waals surface area (Å²) in [6, 6.07) is 0. The molecule has 1 aliphatic heterocycles. The second-order valence-electron chi connectivity index (χ2n) is 6.83. The van der Waals surface area contributed by atoms with Crippen LogP contribution in [0.2, 0.25) is 0 Å². The number of H-pyrrole nitrogens is 1. The summed E-state index contributed by atoms with van der Waals surface area (Å²) in [6.45, 7) is 8.42. The number of thiophene rings is 1. The highest BCUT2D eigenvalue weighted by Crippen LogP contribution is 2.27. The third kappa shape index (κ3) is 4.55. The van der Waals surface area contributed by atoms with Crippen LogP contribution >= 0.6 is 11.3 Å². The van der Waals surface area contributed by atoms with Crippen molar-refractivity contribution in [1.82, 2.24) is 14.9 Å². The van der Waals surface area contributed by atoms with Gasteiger partial charge in [0.1, 0.15) is 22.1 Å². The van der Waals surface area contributed by atoms with Crippen molar-refractivity contribution in [1.29, 1.82) is 0 Å². The molecule has 0 amide bonds. The fourth-order valence-corrected chi connectivity index (χ4v) is 4.46. The molecule has 8 nitrogen and oxygen atoms in total. The molecule has 27 heavy (non-hydrogen) atoms. The average molecular weight is 395 g/mol. The Morgan fingerprint density at radius 1 is 1.33 bits per heavy atom. The molecule has 2 unspecified atom stereocenters. The molecule has 1 saturated heterocycles. The number of morpholine rings is 1. The smallest absolute Gasteiger partial charge is 0.348 e. The molecule has 1 N–H and O–H groups in total. The summed E-state index contributed by atoms with van der Waals surface area (Å²) < 4.78 is 15.8. The van der Waals surface area contributed by atoms with E-state index in [0.717, 1.165) is 13.1 Å². The number of carbonyl (C=O) groups excluding carboxylic acids is 1. The molecule has 9 heteroatoms. The Labute approximate surface area is 161 Å². The number of fused-ring (bicyclic) bond motifs is 1. The highest BCUT2D eigenvalue weighted by atomic mass is 32.1. The van der Waals surface area contributed by atoms with E-state index in [0.29, 0.717) is 39.6 Å². The van der Waals surface area contributed by atoms with Crippen LogP contribution in [-0.4, -0.2) is 66.5 Å². The standard InChI is InChI=1S/C18H25N3O5S/c1-10-7-21(8-11(2)26-10)9-13-19-16(22)14-12(3)15(27-17(14)20-13)18(23)25-6-5-24-4/h10-11H,5-9H2,1-4H3,(H,19,20,22). The third-order valence-electron chi connectivity index (χ3n) is 4.42. The van der Waals surface area contributed by atoms with Gasteiger partial charge in [-0.25, -0.2) is 9.78 Å². The number of nitrogens with one attached hydrogen (secondary N) is 1. The number of esters is 1. The van der Waals surface area contributed by atoms with E-state index in [1.165, 1.54) is 11.3 Å². The highest BCUT2D eigenvalue weighted by Gasteiger charge is 2.24. The number of hydrogen-bond acceptors (Lipinski definition) is 8. The first kappa shape index (κ1) is 19.9. The van der Waals surface area contributed by atoms with E-state index in [2.05, 4.69) is 14.9 Å². The number of aromatic amines is 1. The molecule has 0 spiro atoms. The van der Waals surface area contributed by atoms with Crippen LogP contribution in [0.15, 0.2) is 4.79 Å². The van der Waals surface area contributed by atoms with E-state index in [-0.39, 0.29) is 24.4 Å². The Kier molecular flexibility index (Phi) is 6.25. The number of rotatable bonds is 6. The fourth-order valence-electron chi connectivity index (χ4n) is 3.37. The zero-order valence-corrected chi connectivity index (χ0v) is 16.9. The molecule has 148 valence electrons. The van der Waals surface area contributed by atoms with E-state index in [9.17, 15) is 9.59 Å². The maximum atomic E-state index is 12.6. The van der Waals surface area contributed by atoms with Gasteiger partial charge in [0.25, 0.3) is 5.56 Å². The van der Waals surface area contributed by atoms with Crippen molar-refractivity contribution in [2.45, 2.75) is 39.5 Å². The minimum absolute atomic E-state index is 0.140. The minimum atomic E-state index is -0.454. The molecular formula is C18H25N3O5S. The summed E-state index contributed by atoms with van der Waals surface area (Å²) in [4.78, 5) is 35.5. The van der Waals surface area contributed by atoms with Crippen LogP contribution in [-0.2, 0) is 20.8 Å². The van der Waals surface area contributed by atoms with Gasteiger partial charge in [0, 0.05) is 20.2 Å². The molecule has 3 rings (SSSR count). The van der Waals surface area contributed by atoms with Gasteiger partial charge in [-0.15, -0.1) is 11.3 Å². The lowest BCUT2D eigenvalue weighted by atomic mass is 10.2. The molecule has 0 aromatic carbocycles. The summed E-state index contributed by atoms with van der Waals surface area (Å²) >= 11 is 1.19. The zero-order valence-electron chi connectivity index (χ0n) is 16.0. The molecule has 3 heterocycles. The number of carbonyl (C=O) groups is 1. The van der Waals surface area contributed by atoms with Crippen LogP contribution in [0, 0.1) is 6.92 Å². The number of hydrogen-bond donors (Lipinski definition) is 1. The molecule has 2 aromatic heterocycles. The maximum Gasteiger partial charge on any atom is 0.348 e. The van der Waals surface area contributed by atoms with Crippen molar-refractivity contribution in [2.24, 2.45) is 0 Å². The summed E-state index contributed by atoms with van der Waals surface area (Å²) in [6.07, 6.45) is 0.281. The molecule has 2 atom stereocenters. The van der Waals surface area contributed by atoms with Crippen molar-refractivity contribution in [3.63, 3.8) is 0 Å². The lowest BCUT2D eigenvalue weighted by molar-refractivity contribution is -0.0710. The van der Waals surface area contributed by atoms with Gasteiger partial charge in [-0.3, -0.25) is 9.69 Å². The third-order valence-corrected chi connectivity index (χ3v) is 5.59. The van der Waals surface area contributed by atoms with E-state index in [1.807, 2.05) is 13.8 Å². The van der Waals surface area contributed by atoms with Crippen molar-refractivity contribution < 1.29 is 19.0 Å². The van der Waals surface area contributed by atoms with E-state index in [4.69, 9.17) is 14.2 Å². The monoisotopic (exact) mass is 395 g/mol. The van der Waals surface area contributed by atoms with Crippen LogP contribution < -0.4 is 5.56 Å². The van der Waals surface area contributed by atoms with Crippen molar-refractivity contribution in [2.75, 3.05) is 33.4 Å². The average Bonchev–Trinajstić information content (AvgIpc) is 2.91. The van der Waals surface area contributed by atoms with Crippen LogP contribution in [0.5, 0.6) is 0 Å². The number of nitrogens with zero attached hydrogens (tertiary/aromatic N) is 2. The molecular weight excluding hydrogens is 370 g/mol. The lowest BCUT2D eigenvalue weighted by Gasteiger charge is -2.34. The van der Waals surface area contributed by atoms with Gasteiger partial charge in [0.2, 0.25) is 0 Å². The van der Waals surface area contributed by atoms with E-state index >= 15 is 0 Å². The Bertz CT molecular complexity index is 868. The van der Waals surface area contributed by atoms with Gasteiger partial charge >= 0.3 is 5.97 Å². The summed E-state index contributed by atoms with van der Waals surface area (Å²) in [7, 11) is 1.54. The Morgan fingerprint density at radius 2 is 2.04 bits per heavy atom. The van der Waals surface area contributed by atoms with Crippen LogP contribution in [0.3, 0.4) is 0 Å². The molecule has 0 aliphatic carbocycles. The second-order valence-corrected chi connectivity index (χ2v) is 7.83. The van der Waals surface area contributed by atoms with Gasteiger partial charge in [-0.2, -0.15) is 0 Å². The Balaban J connectivity index is 1.83. The molecule has 0 saturated carbocycles. The lowest BCUT2D eigenvalue weighted by Crippen LogP contribution is -2.45. The predicted octanol–water partition coefficient (Wildman–Crippen LogP) is 1.71. The molecule has 1 aliphatic rings. The first-order valence-electron chi connectivity index (χ1n) is 8.95. The topological polar surface area (TPSA) is 93.8 Å². The summed E-state index contributed by atoms with van der Waals surface area (Å²) in [5, 5.41) is 0.450. The fraction of sp³-hybridized carbons (Fsp3) is 0.611. The van der Waals surface area contributed by atoms with Gasteiger partial charge in [0.15, 0.2) is 0 Å². The SMILES string of the molecule is COCCOC(=O)c1sc2nc(CN3CC(C)OC(C)C3)[nH]c(=O)c2c1C.